The van der Waals surface area contributed by atoms with Gasteiger partial charge in [0.2, 0.25) is 11.8 Å². The number of aryl methyl sites for hydroxylation is 1. The van der Waals surface area contributed by atoms with Crippen molar-refractivity contribution in [2.45, 2.75) is 13.3 Å². The molecule has 0 aromatic heterocycles. The highest BCUT2D eigenvalue weighted by molar-refractivity contribution is 14.1. The van der Waals surface area contributed by atoms with E-state index in [-0.39, 0.29) is 18.2 Å². The van der Waals surface area contributed by atoms with Gasteiger partial charge in [-0.1, -0.05) is 6.07 Å². The predicted octanol–water partition coefficient (Wildman–Crippen LogP) is 1.44. The van der Waals surface area contributed by atoms with Gasteiger partial charge in [-0.25, -0.2) is 0 Å². The Balaban J connectivity index is 2.32. The highest BCUT2D eigenvalue weighted by Crippen LogP contribution is 2.29. The minimum absolute atomic E-state index is 0.0303. The number of hydrogen-bond donors (Lipinski definition) is 1. The Morgan fingerprint density at radius 3 is 2.82 bits per heavy atom. The number of anilines is 1. The first kappa shape index (κ1) is 12.3. The molecule has 17 heavy (non-hydrogen) atoms. The van der Waals surface area contributed by atoms with Gasteiger partial charge in [-0.2, -0.15) is 0 Å². The maximum Gasteiger partial charge on any atom is 0.227 e. The molecule has 1 atom stereocenters. The summed E-state index contributed by atoms with van der Waals surface area (Å²) in [6.45, 7) is 2.37. The molecule has 1 heterocycles. The average Bonchev–Trinajstić information content (AvgIpc) is 2.64. The fourth-order valence-corrected chi connectivity index (χ4v) is 2.59. The van der Waals surface area contributed by atoms with Crippen molar-refractivity contribution in [1.82, 2.24) is 0 Å². The molecule has 1 aliphatic rings. The Bertz CT molecular complexity index is 487. The van der Waals surface area contributed by atoms with Crippen LogP contribution in [0.3, 0.4) is 0 Å². The third kappa shape index (κ3) is 2.43. The second-order valence-electron chi connectivity index (χ2n) is 4.26. The van der Waals surface area contributed by atoms with Gasteiger partial charge >= 0.3 is 0 Å². The van der Waals surface area contributed by atoms with E-state index in [1.165, 1.54) is 0 Å². The van der Waals surface area contributed by atoms with Crippen molar-refractivity contribution < 1.29 is 9.59 Å². The summed E-state index contributed by atoms with van der Waals surface area (Å²) in [5.41, 5.74) is 7.22. The predicted molar refractivity (Wildman–Crippen MR) is 73.6 cm³/mol. The van der Waals surface area contributed by atoms with Gasteiger partial charge in [0.15, 0.2) is 0 Å². The van der Waals surface area contributed by atoms with Crippen LogP contribution in [0.1, 0.15) is 12.0 Å². The van der Waals surface area contributed by atoms with Crippen LogP contribution in [0.2, 0.25) is 0 Å². The summed E-state index contributed by atoms with van der Waals surface area (Å²) in [6.07, 6.45) is 0.222. The molecule has 0 aliphatic carbocycles. The molecule has 2 rings (SSSR count). The first-order valence-electron chi connectivity index (χ1n) is 5.35. The molecule has 0 saturated carbocycles. The van der Waals surface area contributed by atoms with Gasteiger partial charge in [0.1, 0.15) is 0 Å². The molecule has 1 aromatic carbocycles. The number of hydrogen-bond acceptors (Lipinski definition) is 2. The van der Waals surface area contributed by atoms with Crippen molar-refractivity contribution in [1.29, 1.82) is 0 Å². The molecule has 0 bridgehead atoms. The van der Waals surface area contributed by atoms with Crippen LogP contribution in [0.25, 0.3) is 0 Å². The van der Waals surface area contributed by atoms with Crippen LogP contribution in [-0.2, 0) is 9.59 Å². The van der Waals surface area contributed by atoms with E-state index in [1.54, 1.807) is 4.90 Å². The standard InChI is InChI=1S/C12H13IN2O2/c1-7-2-3-9(13)10(4-7)15-6-8(12(14)17)5-11(15)16/h2-4,8H,5-6H2,1H3,(H2,14,17). The van der Waals surface area contributed by atoms with E-state index in [0.29, 0.717) is 6.54 Å². The van der Waals surface area contributed by atoms with E-state index in [1.807, 2.05) is 25.1 Å². The van der Waals surface area contributed by atoms with Crippen molar-refractivity contribution >= 4 is 40.1 Å². The first-order valence-corrected chi connectivity index (χ1v) is 6.42. The van der Waals surface area contributed by atoms with E-state index in [2.05, 4.69) is 22.6 Å². The second kappa shape index (κ2) is 4.64. The van der Waals surface area contributed by atoms with Crippen molar-refractivity contribution in [3.63, 3.8) is 0 Å². The van der Waals surface area contributed by atoms with E-state index >= 15 is 0 Å². The molecule has 1 unspecified atom stereocenters. The number of nitrogens with zero attached hydrogens (tertiary/aromatic N) is 1. The summed E-state index contributed by atoms with van der Waals surface area (Å²) in [5.74, 6) is -0.792. The lowest BCUT2D eigenvalue weighted by Gasteiger charge is -2.18. The second-order valence-corrected chi connectivity index (χ2v) is 5.42. The number of rotatable bonds is 2. The quantitative estimate of drug-likeness (QED) is 0.826. The van der Waals surface area contributed by atoms with Crippen LogP contribution in [0.5, 0.6) is 0 Å². The van der Waals surface area contributed by atoms with Crippen molar-refractivity contribution in [3.05, 3.63) is 27.3 Å². The third-order valence-corrected chi connectivity index (χ3v) is 3.83. The van der Waals surface area contributed by atoms with Gasteiger partial charge in [0.05, 0.1) is 11.6 Å². The Kier molecular flexibility index (Phi) is 3.37. The number of primary amides is 1. The fraction of sp³-hybridized carbons (Fsp3) is 0.333. The van der Waals surface area contributed by atoms with E-state index in [0.717, 1.165) is 14.8 Å². The minimum atomic E-state index is -0.400. The van der Waals surface area contributed by atoms with E-state index < -0.39 is 5.91 Å². The number of nitrogens with two attached hydrogens (primary N) is 1. The Labute approximate surface area is 113 Å². The van der Waals surface area contributed by atoms with Crippen molar-refractivity contribution in [2.75, 3.05) is 11.4 Å². The Hall–Kier alpha value is -1.11. The fourth-order valence-electron chi connectivity index (χ4n) is 1.96. The van der Waals surface area contributed by atoms with E-state index in [4.69, 9.17) is 5.73 Å². The largest absolute Gasteiger partial charge is 0.369 e. The molecule has 90 valence electrons. The zero-order valence-corrected chi connectivity index (χ0v) is 11.6. The summed E-state index contributed by atoms with van der Waals surface area (Å²) in [5, 5.41) is 0. The molecular formula is C12H13IN2O2. The van der Waals surface area contributed by atoms with Crippen LogP contribution < -0.4 is 10.6 Å². The smallest absolute Gasteiger partial charge is 0.227 e. The Morgan fingerprint density at radius 1 is 1.53 bits per heavy atom. The van der Waals surface area contributed by atoms with Gasteiger partial charge in [-0.15, -0.1) is 0 Å². The third-order valence-electron chi connectivity index (χ3n) is 2.92. The van der Waals surface area contributed by atoms with Gasteiger partial charge in [-0.05, 0) is 47.2 Å². The molecule has 5 heteroatoms. The highest BCUT2D eigenvalue weighted by Gasteiger charge is 2.34. The van der Waals surface area contributed by atoms with Crippen LogP contribution in [0.4, 0.5) is 5.69 Å². The first-order chi connectivity index (χ1) is 7.99. The van der Waals surface area contributed by atoms with Crippen LogP contribution in [0.15, 0.2) is 18.2 Å². The van der Waals surface area contributed by atoms with Crippen LogP contribution in [-0.4, -0.2) is 18.4 Å². The monoisotopic (exact) mass is 344 g/mol. The van der Waals surface area contributed by atoms with Crippen LogP contribution >= 0.6 is 22.6 Å². The number of carbonyl (C=O) groups is 2. The highest BCUT2D eigenvalue weighted by atomic mass is 127. The minimum Gasteiger partial charge on any atom is -0.369 e. The molecule has 2 amide bonds. The molecule has 1 fully saturated rings. The maximum absolute atomic E-state index is 11.9. The average molecular weight is 344 g/mol. The number of carbonyl (C=O) groups excluding carboxylic acids is 2. The molecule has 0 radical (unpaired) electrons. The van der Waals surface area contributed by atoms with Crippen LogP contribution in [0, 0.1) is 16.4 Å². The number of halogens is 1. The lowest BCUT2D eigenvalue weighted by Crippen LogP contribution is -2.28. The van der Waals surface area contributed by atoms with Crippen molar-refractivity contribution in [3.8, 4) is 0 Å². The molecule has 1 saturated heterocycles. The molecule has 1 aromatic rings. The molecule has 1 aliphatic heterocycles. The summed E-state index contributed by atoms with van der Waals surface area (Å²) in [6, 6.07) is 5.93. The lowest BCUT2D eigenvalue weighted by molar-refractivity contribution is -0.123. The summed E-state index contributed by atoms with van der Waals surface area (Å²) >= 11 is 2.19. The van der Waals surface area contributed by atoms with Gasteiger partial charge in [-0.3, -0.25) is 9.59 Å². The van der Waals surface area contributed by atoms with Gasteiger partial charge < -0.3 is 10.6 Å². The number of amides is 2. The maximum atomic E-state index is 11.9. The molecule has 2 N–H and O–H groups in total. The molecule has 0 spiro atoms. The molecular weight excluding hydrogens is 331 g/mol. The zero-order chi connectivity index (χ0) is 12.6. The summed E-state index contributed by atoms with van der Waals surface area (Å²) < 4.78 is 1.01. The zero-order valence-electron chi connectivity index (χ0n) is 9.44. The summed E-state index contributed by atoms with van der Waals surface area (Å²) in [4.78, 5) is 24.6. The number of benzene rings is 1. The van der Waals surface area contributed by atoms with E-state index in [9.17, 15) is 9.59 Å². The molecule has 4 nitrogen and oxygen atoms in total. The van der Waals surface area contributed by atoms with Gasteiger partial charge in [0, 0.05) is 16.5 Å². The van der Waals surface area contributed by atoms with Gasteiger partial charge in [0.25, 0.3) is 0 Å². The van der Waals surface area contributed by atoms with Crippen molar-refractivity contribution in [2.24, 2.45) is 11.7 Å². The normalized spacial score (nSPS) is 19.8. The summed E-state index contributed by atoms with van der Waals surface area (Å²) in [7, 11) is 0. The SMILES string of the molecule is Cc1ccc(I)c(N2CC(C(N)=O)CC2=O)c1. The Morgan fingerprint density at radius 2 is 2.24 bits per heavy atom. The lowest BCUT2D eigenvalue weighted by atomic mass is 10.1. The topological polar surface area (TPSA) is 63.4 Å².